The second-order valence-corrected chi connectivity index (χ2v) is 7.14. The van der Waals surface area contributed by atoms with E-state index >= 15 is 0 Å². The van der Waals surface area contributed by atoms with Gasteiger partial charge in [-0.25, -0.2) is 4.79 Å². The van der Waals surface area contributed by atoms with Crippen molar-refractivity contribution in [1.82, 2.24) is 5.32 Å². The van der Waals surface area contributed by atoms with Gasteiger partial charge in [0.25, 0.3) is 0 Å². The Balaban J connectivity index is 4.50. The lowest BCUT2D eigenvalue weighted by molar-refractivity contribution is -0.129. The highest BCUT2D eigenvalue weighted by Gasteiger charge is 2.26. The van der Waals surface area contributed by atoms with Crippen LogP contribution in [0.4, 0.5) is 4.79 Å². The summed E-state index contributed by atoms with van der Waals surface area (Å²) in [6, 6.07) is -0.0222. The van der Waals surface area contributed by atoms with Gasteiger partial charge in [0.2, 0.25) is 5.91 Å². The Morgan fingerprint density at radius 1 is 1.16 bits per heavy atom. The number of carbonyl (C=O) groups excluding carboxylic acids is 2. The van der Waals surface area contributed by atoms with Gasteiger partial charge < -0.3 is 15.8 Å². The number of rotatable bonds is 5. The molecule has 3 N–H and O–H groups in total. The molecule has 112 valence electrons. The zero-order valence-corrected chi connectivity index (χ0v) is 13.0. The van der Waals surface area contributed by atoms with Crippen LogP contribution in [-0.2, 0) is 9.53 Å². The minimum atomic E-state index is -0.781. The van der Waals surface area contributed by atoms with Crippen molar-refractivity contribution in [3.63, 3.8) is 0 Å². The first-order chi connectivity index (χ1) is 8.42. The number of primary amides is 1. The number of ether oxygens (including phenoxy) is 1. The van der Waals surface area contributed by atoms with E-state index in [1.807, 2.05) is 20.8 Å². The van der Waals surface area contributed by atoms with Gasteiger partial charge in [0.1, 0.15) is 0 Å². The molecular weight excluding hydrogens is 244 g/mol. The predicted octanol–water partition coefficient (Wildman–Crippen LogP) is 2.44. The molecule has 0 aliphatic rings. The number of nitrogens with one attached hydrogen (secondary N) is 1. The highest BCUT2D eigenvalue weighted by molar-refractivity contribution is 5.81. The molecule has 0 radical (unpaired) electrons. The molecule has 2 amide bonds. The normalized spacial score (nSPS) is 13.8. The van der Waals surface area contributed by atoms with Crippen LogP contribution in [0.15, 0.2) is 0 Å². The van der Waals surface area contributed by atoms with Crippen LogP contribution < -0.4 is 11.1 Å². The lowest BCUT2D eigenvalue weighted by atomic mass is 9.86. The van der Waals surface area contributed by atoms with E-state index in [9.17, 15) is 9.59 Å². The smallest absolute Gasteiger partial charge is 0.404 e. The van der Waals surface area contributed by atoms with E-state index in [2.05, 4.69) is 26.1 Å². The zero-order chi connectivity index (χ0) is 15.3. The Morgan fingerprint density at radius 2 is 1.68 bits per heavy atom. The third-order valence-electron chi connectivity index (χ3n) is 2.59. The van der Waals surface area contributed by atoms with Gasteiger partial charge in [-0.3, -0.25) is 4.79 Å². The monoisotopic (exact) mass is 272 g/mol. The summed E-state index contributed by atoms with van der Waals surface area (Å²) < 4.78 is 4.74. The molecule has 0 saturated heterocycles. The van der Waals surface area contributed by atoms with Gasteiger partial charge in [-0.2, -0.15) is 0 Å². The molecule has 19 heavy (non-hydrogen) atoms. The molecule has 0 rings (SSSR count). The fourth-order valence-corrected chi connectivity index (χ4v) is 1.67. The van der Waals surface area contributed by atoms with Crippen LogP contribution in [0.2, 0.25) is 0 Å². The fourth-order valence-electron chi connectivity index (χ4n) is 1.67. The minimum absolute atomic E-state index is 0.000764. The average molecular weight is 272 g/mol. The molecule has 0 bridgehead atoms. The first-order valence-electron chi connectivity index (χ1n) is 6.65. The van der Waals surface area contributed by atoms with E-state index in [0.717, 1.165) is 6.42 Å². The SMILES string of the molecule is CC(C)(C)C[C@H](CCOC(N)=O)NC(=O)C(C)(C)C. The first kappa shape index (κ1) is 17.7. The first-order valence-corrected chi connectivity index (χ1v) is 6.65. The maximum atomic E-state index is 12.0. The van der Waals surface area contributed by atoms with Crippen LogP contribution in [0.5, 0.6) is 0 Å². The fraction of sp³-hybridized carbons (Fsp3) is 0.857. The van der Waals surface area contributed by atoms with Crippen molar-refractivity contribution < 1.29 is 14.3 Å². The maximum absolute atomic E-state index is 12.0. The van der Waals surface area contributed by atoms with Crippen LogP contribution in [0.3, 0.4) is 0 Å². The highest BCUT2D eigenvalue weighted by atomic mass is 16.5. The second kappa shape index (κ2) is 6.78. The highest BCUT2D eigenvalue weighted by Crippen LogP contribution is 2.23. The van der Waals surface area contributed by atoms with Crippen molar-refractivity contribution in [3.8, 4) is 0 Å². The van der Waals surface area contributed by atoms with Gasteiger partial charge in [0, 0.05) is 17.9 Å². The Hall–Kier alpha value is -1.26. The van der Waals surface area contributed by atoms with Crippen molar-refractivity contribution >= 4 is 12.0 Å². The largest absolute Gasteiger partial charge is 0.450 e. The Kier molecular flexibility index (Phi) is 6.33. The molecule has 0 fully saturated rings. The number of carbonyl (C=O) groups is 2. The topological polar surface area (TPSA) is 81.4 Å². The van der Waals surface area contributed by atoms with Gasteiger partial charge in [0.15, 0.2) is 0 Å². The van der Waals surface area contributed by atoms with Gasteiger partial charge in [-0.05, 0) is 11.8 Å². The summed E-state index contributed by atoms with van der Waals surface area (Å²) in [7, 11) is 0. The molecule has 0 heterocycles. The van der Waals surface area contributed by atoms with E-state index < -0.39 is 11.5 Å². The lowest BCUT2D eigenvalue weighted by Crippen LogP contribution is -2.43. The number of amides is 2. The predicted molar refractivity (Wildman–Crippen MR) is 75.6 cm³/mol. The van der Waals surface area contributed by atoms with Crippen molar-refractivity contribution in [2.75, 3.05) is 6.61 Å². The standard InChI is InChI=1S/C14H28N2O3/c1-13(2,3)9-10(7-8-19-12(15)18)16-11(17)14(4,5)6/h10H,7-9H2,1-6H3,(H2,15,18)(H,16,17)/t10-/m0/s1. The molecular formula is C14H28N2O3. The van der Waals surface area contributed by atoms with Crippen LogP contribution in [0.25, 0.3) is 0 Å². The third kappa shape index (κ3) is 9.33. The number of nitrogens with two attached hydrogens (primary N) is 1. The van der Waals surface area contributed by atoms with Crippen molar-refractivity contribution in [2.45, 2.75) is 60.4 Å². The summed E-state index contributed by atoms with van der Waals surface area (Å²) in [6.07, 6.45) is 0.607. The maximum Gasteiger partial charge on any atom is 0.404 e. The summed E-state index contributed by atoms with van der Waals surface area (Å²) in [4.78, 5) is 22.6. The van der Waals surface area contributed by atoms with Crippen LogP contribution in [0.1, 0.15) is 54.4 Å². The lowest BCUT2D eigenvalue weighted by Gasteiger charge is -2.29. The quantitative estimate of drug-likeness (QED) is 0.806. The van der Waals surface area contributed by atoms with Gasteiger partial charge in [-0.15, -0.1) is 0 Å². The van der Waals surface area contributed by atoms with Crippen LogP contribution >= 0.6 is 0 Å². The van der Waals surface area contributed by atoms with Gasteiger partial charge in [0.05, 0.1) is 6.61 Å². The van der Waals surface area contributed by atoms with E-state index in [4.69, 9.17) is 10.5 Å². The van der Waals surface area contributed by atoms with E-state index in [1.165, 1.54) is 0 Å². The number of hydrogen-bond donors (Lipinski definition) is 2. The molecule has 5 heteroatoms. The van der Waals surface area contributed by atoms with Crippen molar-refractivity contribution in [2.24, 2.45) is 16.6 Å². The van der Waals surface area contributed by atoms with E-state index in [1.54, 1.807) is 0 Å². The summed E-state index contributed by atoms with van der Waals surface area (Å²) in [5, 5.41) is 3.02. The molecule has 1 atom stereocenters. The second-order valence-electron chi connectivity index (χ2n) is 7.14. The van der Waals surface area contributed by atoms with Crippen LogP contribution in [-0.4, -0.2) is 24.6 Å². The third-order valence-corrected chi connectivity index (χ3v) is 2.59. The molecule has 0 aliphatic carbocycles. The average Bonchev–Trinajstić information content (AvgIpc) is 2.12. The van der Waals surface area contributed by atoms with E-state index in [0.29, 0.717) is 6.42 Å². The zero-order valence-electron chi connectivity index (χ0n) is 13.0. The number of hydrogen-bond acceptors (Lipinski definition) is 3. The van der Waals surface area contributed by atoms with Gasteiger partial charge in [-0.1, -0.05) is 41.5 Å². The van der Waals surface area contributed by atoms with Gasteiger partial charge >= 0.3 is 6.09 Å². The molecule has 0 aliphatic heterocycles. The molecule has 0 aromatic carbocycles. The summed E-state index contributed by atoms with van der Waals surface area (Å²) >= 11 is 0. The molecule has 0 unspecified atom stereocenters. The minimum Gasteiger partial charge on any atom is -0.450 e. The van der Waals surface area contributed by atoms with E-state index in [-0.39, 0.29) is 24.0 Å². The molecule has 5 nitrogen and oxygen atoms in total. The van der Waals surface area contributed by atoms with Crippen LogP contribution in [0, 0.1) is 10.8 Å². The summed E-state index contributed by atoms with van der Waals surface area (Å²) in [5.74, 6) is 0.000764. The molecule has 0 spiro atoms. The Labute approximate surface area is 116 Å². The molecule has 0 saturated carbocycles. The Bertz CT molecular complexity index is 314. The Morgan fingerprint density at radius 3 is 2.05 bits per heavy atom. The van der Waals surface area contributed by atoms with Crippen molar-refractivity contribution in [1.29, 1.82) is 0 Å². The molecule has 0 aromatic heterocycles. The summed E-state index contributed by atoms with van der Waals surface area (Å²) in [5.41, 5.74) is 4.58. The summed E-state index contributed by atoms with van der Waals surface area (Å²) in [6.45, 7) is 12.2. The molecule has 0 aromatic rings. The van der Waals surface area contributed by atoms with Crippen molar-refractivity contribution in [3.05, 3.63) is 0 Å².